The summed E-state index contributed by atoms with van der Waals surface area (Å²) >= 11 is 5.93. The summed E-state index contributed by atoms with van der Waals surface area (Å²) in [5.74, 6) is 1.22. The topological polar surface area (TPSA) is 45.2 Å². The molecule has 4 nitrogen and oxygen atoms in total. The maximum Gasteiger partial charge on any atom is 0.254 e. The number of likely N-dealkylation sites (N-methyl/N-ethyl adjacent to an activating group) is 1. The number of rotatable bonds is 8. The van der Waals surface area contributed by atoms with Crippen LogP contribution in [0.15, 0.2) is 72.9 Å². The molecule has 0 saturated heterocycles. The van der Waals surface area contributed by atoms with Crippen molar-refractivity contribution in [3.8, 4) is 11.1 Å². The van der Waals surface area contributed by atoms with Crippen LogP contribution in [0.3, 0.4) is 0 Å². The average Bonchev–Trinajstić information content (AvgIpc) is 2.77. The monoisotopic (exact) mass is 421 g/mol. The van der Waals surface area contributed by atoms with Gasteiger partial charge in [0, 0.05) is 31.4 Å². The van der Waals surface area contributed by atoms with Gasteiger partial charge in [-0.15, -0.1) is 0 Å². The number of aromatic nitrogens is 1. The number of hydrogen-bond donors (Lipinski definition) is 1. The van der Waals surface area contributed by atoms with E-state index < -0.39 is 0 Å². The molecule has 1 amide bonds. The van der Waals surface area contributed by atoms with Gasteiger partial charge in [-0.3, -0.25) is 4.79 Å². The first-order valence-electron chi connectivity index (χ1n) is 10.2. The zero-order valence-corrected chi connectivity index (χ0v) is 18.4. The van der Waals surface area contributed by atoms with Crippen molar-refractivity contribution in [1.82, 2.24) is 9.88 Å². The van der Waals surface area contributed by atoms with Gasteiger partial charge in [-0.25, -0.2) is 4.98 Å². The molecule has 30 heavy (non-hydrogen) atoms. The van der Waals surface area contributed by atoms with Crippen molar-refractivity contribution in [2.75, 3.05) is 18.9 Å². The van der Waals surface area contributed by atoms with Crippen LogP contribution in [0.25, 0.3) is 11.1 Å². The summed E-state index contributed by atoms with van der Waals surface area (Å²) in [6, 6.07) is 21.5. The molecule has 0 aliphatic carbocycles. The number of pyridine rings is 1. The molecule has 156 valence electrons. The molecule has 0 saturated carbocycles. The summed E-state index contributed by atoms with van der Waals surface area (Å²) in [6.07, 6.45) is 2.50. The fourth-order valence-corrected chi connectivity index (χ4v) is 3.63. The Morgan fingerprint density at radius 1 is 1.03 bits per heavy atom. The van der Waals surface area contributed by atoms with Crippen molar-refractivity contribution >= 4 is 23.3 Å². The van der Waals surface area contributed by atoms with E-state index in [0.717, 1.165) is 23.4 Å². The van der Waals surface area contributed by atoms with Gasteiger partial charge in [-0.2, -0.15) is 0 Å². The Morgan fingerprint density at radius 3 is 2.40 bits per heavy atom. The molecule has 5 heteroatoms. The highest BCUT2D eigenvalue weighted by Gasteiger charge is 2.24. The van der Waals surface area contributed by atoms with E-state index in [1.54, 1.807) is 12.3 Å². The first-order valence-corrected chi connectivity index (χ1v) is 10.6. The zero-order valence-electron chi connectivity index (χ0n) is 17.7. The van der Waals surface area contributed by atoms with Crippen molar-refractivity contribution in [3.05, 3.63) is 83.5 Å². The van der Waals surface area contributed by atoms with Gasteiger partial charge in [-0.05, 0) is 41.7 Å². The van der Waals surface area contributed by atoms with Gasteiger partial charge in [0.2, 0.25) is 0 Å². The van der Waals surface area contributed by atoms with Crippen molar-refractivity contribution in [2.45, 2.75) is 26.3 Å². The number of anilines is 1. The summed E-state index contributed by atoms with van der Waals surface area (Å²) < 4.78 is 0. The number of amides is 1. The molecule has 0 aliphatic heterocycles. The summed E-state index contributed by atoms with van der Waals surface area (Å²) in [4.78, 5) is 19.6. The highest BCUT2D eigenvalue weighted by atomic mass is 35.5. The highest BCUT2D eigenvalue weighted by molar-refractivity contribution is 6.30. The molecular weight excluding hydrogens is 394 g/mol. The first-order chi connectivity index (χ1) is 14.5. The highest BCUT2D eigenvalue weighted by Crippen LogP contribution is 2.25. The standard InChI is InChI=1S/C25H28ClN3O/c1-18(2)15-21(17-28-24-14-13-20(26)16-27-24)29(3)25(30)23-12-8-7-11-22(23)19-9-5-4-6-10-19/h4-14,16,18,21H,15,17H2,1-3H3,(H,27,28)/t21-/m0/s1. The SMILES string of the molecule is CC(C)C[C@@H](CNc1ccc(Cl)cn1)N(C)C(=O)c1ccccc1-c1ccccc1. The largest absolute Gasteiger partial charge is 0.368 e. The lowest BCUT2D eigenvalue weighted by atomic mass is 9.97. The van der Waals surface area contributed by atoms with E-state index in [2.05, 4.69) is 24.1 Å². The Labute approximate surface area is 183 Å². The molecular formula is C25H28ClN3O. The van der Waals surface area contributed by atoms with E-state index in [0.29, 0.717) is 23.0 Å². The van der Waals surface area contributed by atoms with Crippen LogP contribution in [0.4, 0.5) is 5.82 Å². The number of nitrogens with zero attached hydrogens (tertiary/aromatic N) is 2. The van der Waals surface area contributed by atoms with Crippen LogP contribution in [0.1, 0.15) is 30.6 Å². The normalized spacial score (nSPS) is 11.9. The maximum absolute atomic E-state index is 13.5. The predicted octanol–water partition coefficient (Wildman–Crippen LogP) is 6.00. The van der Waals surface area contributed by atoms with Crippen molar-refractivity contribution < 1.29 is 4.79 Å². The third kappa shape index (κ3) is 5.61. The van der Waals surface area contributed by atoms with Crippen molar-refractivity contribution in [1.29, 1.82) is 0 Å². The lowest BCUT2D eigenvalue weighted by Crippen LogP contribution is -2.42. The Kier molecular flexibility index (Phi) is 7.47. The predicted molar refractivity (Wildman–Crippen MR) is 125 cm³/mol. The Bertz CT molecular complexity index is 958. The summed E-state index contributed by atoms with van der Waals surface area (Å²) in [7, 11) is 1.88. The molecule has 0 radical (unpaired) electrons. The summed E-state index contributed by atoms with van der Waals surface area (Å²) in [6.45, 7) is 4.95. The second-order valence-corrected chi connectivity index (χ2v) is 8.29. The van der Waals surface area contributed by atoms with Gasteiger partial charge < -0.3 is 10.2 Å². The lowest BCUT2D eigenvalue weighted by Gasteiger charge is -2.30. The van der Waals surface area contributed by atoms with E-state index in [-0.39, 0.29) is 11.9 Å². The van der Waals surface area contributed by atoms with Crippen LogP contribution in [0, 0.1) is 5.92 Å². The van der Waals surface area contributed by atoms with E-state index in [9.17, 15) is 4.79 Å². The van der Waals surface area contributed by atoms with Crippen LogP contribution in [-0.4, -0.2) is 35.4 Å². The van der Waals surface area contributed by atoms with E-state index in [4.69, 9.17) is 11.6 Å². The molecule has 1 atom stereocenters. The molecule has 3 rings (SSSR count). The van der Waals surface area contributed by atoms with Crippen LogP contribution >= 0.6 is 11.6 Å². The van der Waals surface area contributed by atoms with Crippen LogP contribution in [-0.2, 0) is 0 Å². The van der Waals surface area contributed by atoms with Gasteiger partial charge in [0.1, 0.15) is 5.82 Å². The molecule has 0 bridgehead atoms. The Balaban J connectivity index is 1.81. The quantitative estimate of drug-likeness (QED) is 0.485. The number of hydrogen-bond acceptors (Lipinski definition) is 3. The fraction of sp³-hybridized carbons (Fsp3) is 0.280. The van der Waals surface area contributed by atoms with Gasteiger partial charge in [-0.1, -0.05) is 74.0 Å². The minimum absolute atomic E-state index is 0.0194. The number of nitrogens with one attached hydrogen (secondary N) is 1. The first kappa shape index (κ1) is 21.8. The Hall–Kier alpha value is -2.85. The molecule has 2 aromatic carbocycles. The minimum Gasteiger partial charge on any atom is -0.368 e. The molecule has 0 fully saturated rings. The van der Waals surface area contributed by atoms with Gasteiger partial charge in [0.05, 0.1) is 5.02 Å². The minimum atomic E-state index is 0.0194. The fourth-order valence-electron chi connectivity index (χ4n) is 3.52. The third-order valence-electron chi connectivity index (χ3n) is 5.10. The van der Waals surface area contributed by atoms with E-state index in [1.165, 1.54) is 0 Å². The average molecular weight is 422 g/mol. The molecule has 0 aliphatic rings. The second kappa shape index (κ2) is 10.3. The van der Waals surface area contributed by atoms with Gasteiger partial charge in [0.15, 0.2) is 0 Å². The number of halogens is 1. The number of benzene rings is 2. The second-order valence-electron chi connectivity index (χ2n) is 7.85. The van der Waals surface area contributed by atoms with E-state index in [1.807, 2.05) is 72.6 Å². The van der Waals surface area contributed by atoms with Gasteiger partial charge >= 0.3 is 0 Å². The molecule has 0 unspecified atom stereocenters. The van der Waals surface area contributed by atoms with Crippen molar-refractivity contribution in [2.24, 2.45) is 5.92 Å². The lowest BCUT2D eigenvalue weighted by molar-refractivity contribution is 0.0724. The van der Waals surface area contributed by atoms with Crippen LogP contribution in [0.5, 0.6) is 0 Å². The smallest absolute Gasteiger partial charge is 0.254 e. The van der Waals surface area contributed by atoms with E-state index >= 15 is 0 Å². The summed E-state index contributed by atoms with van der Waals surface area (Å²) in [5.41, 5.74) is 2.70. The van der Waals surface area contributed by atoms with Crippen molar-refractivity contribution in [3.63, 3.8) is 0 Å². The van der Waals surface area contributed by atoms with Crippen LogP contribution < -0.4 is 5.32 Å². The van der Waals surface area contributed by atoms with Crippen LogP contribution in [0.2, 0.25) is 5.02 Å². The number of carbonyl (C=O) groups excluding carboxylic acids is 1. The number of carbonyl (C=O) groups is 1. The molecule has 0 spiro atoms. The Morgan fingerprint density at radius 2 is 1.73 bits per heavy atom. The summed E-state index contributed by atoms with van der Waals surface area (Å²) in [5, 5.41) is 3.95. The zero-order chi connectivity index (χ0) is 21.5. The molecule has 1 aromatic heterocycles. The molecule has 1 heterocycles. The van der Waals surface area contributed by atoms with Gasteiger partial charge in [0.25, 0.3) is 5.91 Å². The maximum atomic E-state index is 13.5. The molecule has 1 N–H and O–H groups in total. The molecule has 3 aromatic rings. The third-order valence-corrected chi connectivity index (χ3v) is 5.32.